The lowest BCUT2D eigenvalue weighted by Gasteiger charge is -2.08. The monoisotopic (exact) mass is 299 g/mol. The van der Waals surface area contributed by atoms with Crippen LogP contribution in [0.25, 0.3) is 10.9 Å². The van der Waals surface area contributed by atoms with Crippen LogP contribution < -0.4 is 10.1 Å². The first-order valence-electron chi connectivity index (χ1n) is 7.41. The first-order valence-corrected chi connectivity index (χ1v) is 7.41. The van der Waals surface area contributed by atoms with Crippen molar-refractivity contribution in [3.63, 3.8) is 0 Å². The Balaban J connectivity index is 0.00000192. The van der Waals surface area contributed by atoms with Gasteiger partial charge in [-0.1, -0.05) is 19.1 Å². The molecule has 0 amide bonds. The number of rotatable bonds is 4. The number of nitrogens with one attached hydrogen (secondary N) is 2. The molecule has 0 bridgehead atoms. The number of methoxy groups -OCH3 is 1. The fourth-order valence-corrected chi connectivity index (χ4v) is 2.59. The zero-order valence-corrected chi connectivity index (χ0v) is 12.8. The van der Waals surface area contributed by atoms with Crippen molar-refractivity contribution in [2.45, 2.75) is 19.8 Å². The number of nitrogens with zero attached hydrogens (tertiary/aromatic N) is 1. The molecule has 116 valence electrons. The van der Waals surface area contributed by atoms with Crippen LogP contribution in [0.1, 0.15) is 31.7 Å². The molecule has 0 fully saturated rings. The van der Waals surface area contributed by atoms with Crippen molar-refractivity contribution >= 4 is 16.7 Å². The van der Waals surface area contributed by atoms with Crippen LogP contribution in [-0.2, 0) is 0 Å². The second-order valence-corrected chi connectivity index (χ2v) is 5.21. The van der Waals surface area contributed by atoms with Gasteiger partial charge in [-0.2, -0.15) is 5.10 Å². The molecular weight excluding hydrogens is 278 g/mol. The van der Waals surface area contributed by atoms with E-state index in [1.165, 1.54) is 5.70 Å². The number of aromatic nitrogens is 2. The summed E-state index contributed by atoms with van der Waals surface area (Å²) in [6.07, 6.45) is 5.81. The number of hydrogen-bond acceptors (Lipinski definition) is 4. The molecule has 0 aliphatic carbocycles. The lowest BCUT2D eigenvalue weighted by Crippen LogP contribution is -2.19. The summed E-state index contributed by atoms with van der Waals surface area (Å²) in [6.45, 7) is 2.64. The molecule has 0 spiro atoms. The Bertz CT molecular complexity index is 777. The molecular formula is C17H21N3O2. The Hall–Kier alpha value is -2.56. The molecule has 1 aliphatic rings. The summed E-state index contributed by atoms with van der Waals surface area (Å²) in [5.74, 6) is 0.706. The molecule has 0 atom stereocenters. The van der Waals surface area contributed by atoms with Gasteiger partial charge in [-0.15, -0.1) is 0 Å². The van der Waals surface area contributed by atoms with Gasteiger partial charge in [0.15, 0.2) is 0 Å². The van der Waals surface area contributed by atoms with Crippen molar-refractivity contribution in [1.82, 2.24) is 15.5 Å². The number of aromatic amines is 1. The average Bonchev–Trinajstić information content (AvgIpc) is 2.82. The van der Waals surface area contributed by atoms with Crippen LogP contribution in [0, 0.1) is 0 Å². The minimum atomic E-state index is -0.0327. The first kappa shape index (κ1) is 14.4. The van der Waals surface area contributed by atoms with Gasteiger partial charge in [0.2, 0.25) is 5.78 Å². The Morgan fingerprint density at radius 3 is 3.05 bits per heavy atom. The second-order valence-electron chi connectivity index (χ2n) is 5.21. The van der Waals surface area contributed by atoms with Crippen LogP contribution in [-0.4, -0.2) is 29.6 Å². The van der Waals surface area contributed by atoms with Gasteiger partial charge >= 0.3 is 0 Å². The van der Waals surface area contributed by atoms with Gasteiger partial charge in [-0.3, -0.25) is 9.89 Å². The number of fused-ring (bicyclic) bond motifs is 1. The van der Waals surface area contributed by atoms with E-state index in [1.807, 2.05) is 24.3 Å². The summed E-state index contributed by atoms with van der Waals surface area (Å²) in [6, 6.07) is 5.55. The van der Waals surface area contributed by atoms with Crippen molar-refractivity contribution in [3.8, 4) is 5.75 Å². The molecule has 2 heterocycles. The number of H-pyrrole nitrogens is 1. The lowest BCUT2D eigenvalue weighted by atomic mass is 10.0. The molecule has 3 rings (SSSR count). The van der Waals surface area contributed by atoms with Crippen molar-refractivity contribution in [3.05, 3.63) is 47.3 Å². The zero-order chi connectivity index (χ0) is 15.5. The van der Waals surface area contributed by atoms with E-state index in [1.54, 1.807) is 7.11 Å². The van der Waals surface area contributed by atoms with Crippen molar-refractivity contribution in [2.75, 3.05) is 13.7 Å². The van der Waals surface area contributed by atoms with E-state index in [9.17, 15) is 4.79 Å². The number of hydrogen-bond donors (Lipinski definition) is 2. The van der Waals surface area contributed by atoms with E-state index in [-0.39, 0.29) is 7.21 Å². The first-order chi connectivity index (χ1) is 10.7. The van der Waals surface area contributed by atoms with E-state index in [0.29, 0.717) is 12.2 Å². The van der Waals surface area contributed by atoms with Crippen LogP contribution in [0.15, 0.2) is 41.6 Å². The number of carbonyl (C=O) groups is 1. The molecule has 1 aliphatic heterocycles. The largest absolute Gasteiger partial charge is 0.497 e. The van der Waals surface area contributed by atoms with E-state index in [0.717, 1.165) is 35.1 Å². The summed E-state index contributed by atoms with van der Waals surface area (Å²) in [4.78, 5) is 12.7. The molecule has 0 saturated carbocycles. The Kier molecular flexibility index (Phi) is 3.96. The number of carbonyl (C=O) groups excluding carboxylic acids is 1. The van der Waals surface area contributed by atoms with Gasteiger partial charge in [0.1, 0.15) is 11.4 Å². The highest BCUT2D eigenvalue weighted by molar-refractivity contribution is 6.14. The second kappa shape index (κ2) is 6.05. The van der Waals surface area contributed by atoms with Gasteiger partial charge in [0, 0.05) is 30.7 Å². The Morgan fingerprint density at radius 1 is 1.41 bits per heavy atom. The normalized spacial score (nSPS) is 14.8. The maximum atomic E-state index is 12.7. The van der Waals surface area contributed by atoms with Crippen molar-refractivity contribution in [2.24, 2.45) is 0 Å². The minimum Gasteiger partial charge on any atom is -0.497 e. The summed E-state index contributed by atoms with van der Waals surface area (Å²) >= 11 is 0. The van der Waals surface area contributed by atoms with E-state index >= 15 is 0 Å². The molecule has 1 aromatic heterocycles. The molecule has 0 radical (unpaired) electrons. The van der Waals surface area contributed by atoms with Crippen molar-refractivity contribution < 1.29 is 11.0 Å². The molecule has 5 heteroatoms. The van der Waals surface area contributed by atoms with Crippen LogP contribution in [0.3, 0.4) is 0 Å². The van der Waals surface area contributed by atoms with E-state index < -0.39 is 0 Å². The smallest absolute Gasteiger partial charge is 0.211 e. The van der Waals surface area contributed by atoms with Gasteiger partial charge in [-0.05, 0) is 25.0 Å². The highest BCUT2D eigenvalue weighted by atomic mass is 16.5. The number of allylic oxidation sites excluding steroid dienone is 3. The quantitative estimate of drug-likeness (QED) is 0.851. The lowest BCUT2D eigenvalue weighted by molar-refractivity contribution is 0.102. The summed E-state index contributed by atoms with van der Waals surface area (Å²) < 4.78 is 5.19. The third-order valence-corrected chi connectivity index (χ3v) is 3.89. The van der Waals surface area contributed by atoms with E-state index in [4.69, 9.17) is 4.74 Å². The summed E-state index contributed by atoms with van der Waals surface area (Å²) in [7, 11) is 1.62. The fraction of sp³-hybridized carbons (Fsp3) is 0.294. The molecule has 0 saturated heterocycles. The van der Waals surface area contributed by atoms with Gasteiger partial charge in [0.25, 0.3) is 0 Å². The van der Waals surface area contributed by atoms with Gasteiger partial charge in [-0.25, -0.2) is 0 Å². The third-order valence-electron chi connectivity index (χ3n) is 3.89. The van der Waals surface area contributed by atoms with Crippen LogP contribution in [0.4, 0.5) is 0 Å². The Labute approximate surface area is 130 Å². The van der Waals surface area contributed by atoms with Crippen LogP contribution >= 0.6 is 0 Å². The molecule has 1 aromatic carbocycles. The van der Waals surface area contributed by atoms with E-state index in [2.05, 4.69) is 28.5 Å². The summed E-state index contributed by atoms with van der Waals surface area (Å²) in [5, 5.41) is 11.2. The molecule has 22 heavy (non-hydrogen) atoms. The van der Waals surface area contributed by atoms with Crippen LogP contribution in [0.2, 0.25) is 0 Å². The highest BCUT2D eigenvalue weighted by Gasteiger charge is 2.19. The maximum absolute atomic E-state index is 12.7. The van der Waals surface area contributed by atoms with Crippen LogP contribution in [0.5, 0.6) is 5.75 Å². The number of benzene rings is 1. The standard InChI is InChI=1S/C17H19N3O2.H2/c1-3-12-6-4-5-11(10-18-12)17(21)16-14-8-7-13(22-2)9-15(14)19-20-16;/h5-9,18H,3-4,10H2,1-2H3,(H,19,20);1H. The summed E-state index contributed by atoms with van der Waals surface area (Å²) in [5.41, 5.74) is 3.20. The maximum Gasteiger partial charge on any atom is 0.211 e. The minimum absolute atomic E-state index is 0. The predicted molar refractivity (Wildman–Crippen MR) is 88.2 cm³/mol. The van der Waals surface area contributed by atoms with Crippen molar-refractivity contribution in [1.29, 1.82) is 0 Å². The average molecular weight is 299 g/mol. The number of Topliss-reactive ketones (excluding diaryl/α,β-unsaturated/α-hetero) is 1. The topological polar surface area (TPSA) is 67.0 Å². The number of ether oxygens (including phenoxy) is 1. The number of ketones is 1. The third kappa shape index (κ3) is 2.62. The molecule has 0 unspecified atom stereocenters. The predicted octanol–water partition coefficient (Wildman–Crippen LogP) is 3.21. The molecule has 2 aromatic rings. The fourth-order valence-electron chi connectivity index (χ4n) is 2.59. The Morgan fingerprint density at radius 2 is 2.27 bits per heavy atom. The van der Waals surface area contributed by atoms with Gasteiger partial charge in [0.05, 0.1) is 12.6 Å². The van der Waals surface area contributed by atoms with Gasteiger partial charge < -0.3 is 10.1 Å². The SMILES string of the molecule is CCC1=CCC=C(C(=O)c2n[nH]c3cc(OC)ccc23)CN1.[HH]. The molecule has 2 N–H and O–H groups in total. The zero-order valence-electron chi connectivity index (χ0n) is 12.8. The highest BCUT2D eigenvalue weighted by Crippen LogP contribution is 2.23. The molecule has 5 nitrogen and oxygen atoms in total.